The van der Waals surface area contributed by atoms with Crippen molar-refractivity contribution in [3.05, 3.63) is 35.9 Å². The molecule has 0 saturated heterocycles. The third kappa shape index (κ3) is 2.97. The van der Waals surface area contributed by atoms with E-state index in [1.807, 2.05) is 44.2 Å². The van der Waals surface area contributed by atoms with Crippen molar-refractivity contribution in [2.45, 2.75) is 38.6 Å². The number of carbonyl (C=O) groups excluding carboxylic acids is 2. The fraction of sp³-hybridized carbons (Fsp3) is 0.467. The molecule has 1 aromatic rings. The molecular weight excluding hydrogens is 226 g/mol. The minimum Gasteiger partial charge on any atom is -0.347 e. The third-order valence-corrected chi connectivity index (χ3v) is 3.24. The van der Waals surface area contributed by atoms with Crippen molar-refractivity contribution in [3.63, 3.8) is 0 Å². The summed E-state index contributed by atoms with van der Waals surface area (Å²) in [5.74, 6) is -0.974. The van der Waals surface area contributed by atoms with E-state index in [9.17, 15) is 9.59 Å². The summed E-state index contributed by atoms with van der Waals surface area (Å²) in [5.41, 5.74) is 0.920. The van der Waals surface area contributed by atoms with Crippen molar-refractivity contribution in [3.8, 4) is 0 Å². The van der Waals surface area contributed by atoms with Crippen LogP contribution in [0.1, 0.15) is 38.2 Å². The summed E-state index contributed by atoms with van der Waals surface area (Å²) in [4.78, 5) is 24.1. The van der Waals surface area contributed by atoms with Crippen LogP contribution in [0, 0.1) is 5.92 Å². The molecule has 1 N–H and O–H groups in total. The number of ketones is 1. The Hall–Kier alpha value is -1.64. The highest BCUT2D eigenvalue weighted by molar-refractivity contribution is 6.38. The summed E-state index contributed by atoms with van der Waals surface area (Å²) in [7, 11) is 0. The maximum absolute atomic E-state index is 12.2. The maximum atomic E-state index is 12.2. The molecule has 1 amide bonds. The number of Topliss-reactive ketones (excluding diaryl/α,β-unsaturated/α-hetero) is 1. The highest BCUT2D eigenvalue weighted by Crippen LogP contribution is 2.26. The van der Waals surface area contributed by atoms with Gasteiger partial charge in [-0.25, -0.2) is 0 Å². The molecule has 0 aromatic heterocycles. The van der Waals surface area contributed by atoms with Crippen LogP contribution in [0.25, 0.3) is 0 Å². The van der Waals surface area contributed by atoms with Gasteiger partial charge in [-0.3, -0.25) is 9.59 Å². The quantitative estimate of drug-likeness (QED) is 0.809. The molecule has 1 aromatic carbocycles. The Morgan fingerprint density at radius 2 is 1.78 bits per heavy atom. The monoisotopic (exact) mass is 245 g/mol. The molecule has 1 aliphatic carbocycles. The van der Waals surface area contributed by atoms with Crippen molar-refractivity contribution in [2.24, 2.45) is 5.92 Å². The molecule has 0 aliphatic heterocycles. The number of hydrogen-bond acceptors (Lipinski definition) is 2. The van der Waals surface area contributed by atoms with Crippen LogP contribution >= 0.6 is 0 Å². The van der Waals surface area contributed by atoms with E-state index in [0.29, 0.717) is 0 Å². The van der Waals surface area contributed by atoms with Gasteiger partial charge in [0.1, 0.15) is 0 Å². The Kier molecular flexibility index (Phi) is 3.80. The van der Waals surface area contributed by atoms with Gasteiger partial charge in [0.15, 0.2) is 0 Å². The zero-order valence-electron chi connectivity index (χ0n) is 10.8. The van der Waals surface area contributed by atoms with Crippen LogP contribution in [-0.2, 0) is 9.59 Å². The Bertz CT molecular complexity index is 435. The van der Waals surface area contributed by atoms with E-state index in [0.717, 1.165) is 18.4 Å². The Morgan fingerprint density at radius 1 is 1.17 bits per heavy atom. The molecule has 0 heterocycles. The first kappa shape index (κ1) is 12.8. The summed E-state index contributed by atoms with van der Waals surface area (Å²) in [6.45, 7) is 3.94. The zero-order chi connectivity index (χ0) is 13.1. The normalized spacial score (nSPS) is 16.4. The molecule has 0 spiro atoms. The number of nitrogens with one attached hydrogen (secondary N) is 1. The van der Waals surface area contributed by atoms with Crippen LogP contribution in [0.3, 0.4) is 0 Å². The van der Waals surface area contributed by atoms with Gasteiger partial charge in [-0.1, -0.05) is 44.2 Å². The van der Waals surface area contributed by atoms with Gasteiger partial charge in [0.25, 0.3) is 5.91 Å². The van der Waals surface area contributed by atoms with Gasteiger partial charge in [-0.2, -0.15) is 0 Å². The predicted octanol–water partition coefficient (Wildman–Crippen LogP) is 2.27. The van der Waals surface area contributed by atoms with Crippen molar-refractivity contribution >= 4 is 11.7 Å². The van der Waals surface area contributed by atoms with Crippen molar-refractivity contribution in [2.75, 3.05) is 0 Å². The van der Waals surface area contributed by atoms with Crippen LogP contribution in [-0.4, -0.2) is 17.7 Å². The summed E-state index contributed by atoms with van der Waals surface area (Å²) in [5, 5.41) is 2.77. The molecule has 0 radical (unpaired) electrons. The first-order valence-electron chi connectivity index (χ1n) is 6.49. The van der Waals surface area contributed by atoms with Crippen LogP contribution in [0.15, 0.2) is 30.3 Å². The fourth-order valence-corrected chi connectivity index (χ4v) is 2.12. The standard InChI is InChI=1S/C15H19NO2/c1-10(2)13(11-6-4-3-5-7-11)14(17)15(18)16-12-8-9-12/h3-7,10,12-13H,8-9H2,1-2H3,(H,16,18). The Morgan fingerprint density at radius 3 is 2.28 bits per heavy atom. The van der Waals surface area contributed by atoms with Crippen molar-refractivity contribution in [1.29, 1.82) is 0 Å². The molecule has 3 heteroatoms. The molecule has 96 valence electrons. The molecule has 0 bridgehead atoms. The Balaban J connectivity index is 2.14. The van der Waals surface area contributed by atoms with Crippen molar-refractivity contribution in [1.82, 2.24) is 5.32 Å². The first-order valence-corrected chi connectivity index (χ1v) is 6.49. The number of amides is 1. The summed E-state index contributed by atoms with van der Waals surface area (Å²) >= 11 is 0. The lowest BCUT2D eigenvalue weighted by molar-refractivity contribution is -0.139. The van der Waals surface area contributed by atoms with Gasteiger partial charge in [0.05, 0.1) is 5.92 Å². The van der Waals surface area contributed by atoms with E-state index in [1.165, 1.54) is 0 Å². The highest BCUT2D eigenvalue weighted by Gasteiger charge is 2.32. The largest absolute Gasteiger partial charge is 0.347 e. The molecule has 1 aliphatic rings. The second-order valence-corrected chi connectivity index (χ2v) is 5.24. The van der Waals surface area contributed by atoms with E-state index >= 15 is 0 Å². The summed E-state index contributed by atoms with van der Waals surface area (Å²) in [6.07, 6.45) is 1.99. The van der Waals surface area contributed by atoms with Crippen LogP contribution in [0.4, 0.5) is 0 Å². The van der Waals surface area contributed by atoms with E-state index in [4.69, 9.17) is 0 Å². The van der Waals surface area contributed by atoms with E-state index < -0.39 is 5.91 Å². The summed E-state index contributed by atoms with van der Waals surface area (Å²) in [6, 6.07) is 9.76. The van der Waals surface area contributed by atoms with Crippen LogP contribution < -0.4 is 5.32 Å². The second-order valence-electron chi connectivity index (χ2n) is 5.24. The molecule has 18 heavy (non-hydrogen) atoms. The van der Waals surface area contributed by atoms with Gasteiger partial charge in [-0.05, 0) is 24.3 Å². The summed E-state index contributed by atoms with van der Waals surface area (Å²) < 4.78 is 0. The minimum absolute atomic E-state index is 0.116. The fourth-order valence-electron chi connectivity index (χ4n) is 2.12. The van der Waals surface area contributed by atoms with Gasteiger partial charge in [-0.15, -0.1) is 0 Å². The molecular formula is C15H19NO2. The lowest BCUT2D eigenvalue weighted by Crippen LogP contribution is -2.37. The van der Waals surface area contributed by atoms with Gasteiger partial charge >= 0.3 is 0 Å². The minimum atomic E-state index is -0.431. The number of rotatable bonds is 5. The molecule has 1 saturated carbocycles. The van der Waals surface area contributed by atoms with Crippen molar-refractivity contribution < 1.29 is 9.59 Å². The van der Waals surface area contributed by atoms with Crippen LogP contribution in [0.2, 0.25) is 0 Å². The Labute approximate surface area is 108 Å². The van der Waals surface area contributed by atoms with Gasteiger partial charge in [0.2, 0.25) is 5.78 Å². The lowest BCUT2D eigenvalue weighted by Gasteiger charge is -2.19. The first-order chi connectivity index (χ1) is 8.59. The topological polar surface area (TPSA) is 46.2 Å². The lowest BCUT2D eigenvalue weighted by atomic mass is 9.84. The second kappa shape index (κ2) is 5.34. The van der Waals surface area contributed by atoms with Gasteiger partial charge in [0, 0.05) is 6.04 Å². The number of hydrogen-bond donors (Lipinski definition) is 1. The van der Waals surface area contributed by atoms with Gasteiger partial charge < -0.3 is 5.32 Å². The van der Waals surface area contributed by atoms with E-state index in [2.05, 4.69) is 5.32 Å². The number of benzene rings is 1. The molecule has 1 unspecified atom stereocenters. The third-order valence-electron chi connectivity index (χ3n) is 3.24. The average molecular weight is 245 g/mol. The van der Waals surface area contributed by atoms with Crippen LogP contribution in [0.5, 0.6) is 0 Å². The molecule has 1 atom stereocenters. The van der Waals surface area contributed by atoms with E-state index in [-0.39, 0.29) is 23.7 Å². The zero-order valence-corrected chi connectivity index (χ0v) is 10.8. The predicted molar refractivity (Wildman–Crippen MR) is 70.2 cm³/mol. The molecule has 3 nitrogen and oxygen atoms in total. The smallest absolute Gasteiger partial charge is 0.288 e. The highest BCUT2D eigenvalue weighted by atomic mass is 16.2. The SMILES string of the molecule is CC(C)C(C(=O)C(=O)NC1CC1)c1ccccc1. The number of carbonyl (C=O) groups is 2. The maximum Gasteiger partial charge on any atom is 0.288 e. The average Bonchev–Trinajstić information content (AvgIpc) is 3.14. The van der Waals surface area contributed by atoms with E-state index in [1.54, 1.807) is 0 Å². The molecule has 1 fully saturated rings. The molecule has 2 rings (SSSR count).